The molecule has 0 aromatic carbocycles. The van der Waals surface area contributed by atoms with Crippen LogP contribution in [0.15, 0.2) is 0 Å². The van der Waals surface area contributed by atoms with Crippen LogP contribution in [0, 0.1) is 0 Å². The number of hydrogen-bond acceptors (Lipinski definition) is 0. The Morgan fingerprint density at radius 1 is 0.500 bits per heavy atom. The molecule has 0 aliphatic rings. The Labute approximate surface area is 50.2 Å². The van der Waals surface area contributed by atoms with Crippen LogP contribution in [0.2, 0.25) is 0 Å². The van der Waals surface area contributed by atoms with Gasteiger partial charge in [-0.2, -0.15) is 0 Å². The molecule has 0 aliphatic heterocycles. The molecule has 0 bridgehead atoms. The molecule has 0 aromatic heterocycles. The van der Waals surface area contributed by atoms with Crippen LogP contribution in [0.4, 0.5) is 18.8 Å². The molecule has 6 heavy (non-hydrogen) atoms. The topological polar surface area (TPSA) is 0 Å². The van der Waals surface area contributed by atoms with E-state index in [1.165, 1.54) is 0 Å². The maximum absolute atomic E-state index is 0. The minimum Gasteiger partial charge on any atom is -0.269 e. The van der Waals surface area contributed by atoms with Crippen molar-refractivity contribution in [1.29, 1.82) is 0 Å². The quantitative estimate of drug-likeness (QED) is 0.364. The van der Waals surface area contributed by atoms with Crippen LogP contribution >= 0.6 is 0 Å². The first kappa shape index (κ1) is 722. The summed E-state index contributed by atoms with van der Waals surface area (Å²) < 4.78 is 0. The van der Waals surface area contributed by atoms with Gasteiger partial charge in [0.05, 0.1) is 8.41 Å². The SMILES string of the molecule is B.F.F.F.F.[Ag]. The Morgan fingerprint density at radius 2 is 0.500 bits per heavy atom. The summed E-state index contributed by atoms with van der Waals surface area (Å²) in [7, 11) is 0. The maximum atomic E-state index is 0. The van der Waals surface area contributed by atoms with Gasteiger partial charge in [0.15, 0.2) is 0 Å². The van der Waals surface area contributed by atoms with Gasteiger partial charge in [0.1, 0.15) is 0 Å². The smallest absolute Gasteiger partial charge is 0.0814 e. The van der Waals surface area contributed by atoms with Crippen molar-refractivity contribution in [3.8, 4) is 0 Å². The van der Waals surface area contributed by atoms with Gasteiger partial charge in [-0.1, -0.05) is 0 Å². The average Bonchev–Trinajstić information content (AvgIpc) is 0. The van der Waals surface area contributed by atoms with Gasteiger partial charge in [0, 0.05) is 22.4 Å². The van der Waals surface area contributed by atoms with E-state index in [4.69, 9.17) is 0 Å². The van der Waals surface area contributed by atoms with Crippen LogP contribution in [0.5, 0.6) is 0 Å². The summed E-state index contributed by atoms with van der Waals surface area (Å²) in [6.45, 7) is 0. The molecule has 0 saturated heterocycles. The van der Waals surface area contributed by atoms with E-state index in [2.05, 4.69) is 0 Å². The van der Waals surface area contributed by atoms with Crippen molar-refractivity contribution >= 4 is 8.41 Å². The fourth-order valence-corrected chi connectivity index (χ4v) is 0. The van der Waals surface area contributed by atoms with Gasteiger partial charge in [-0.05, 0) is 0 Å². The van der Waals surface area contributed by atoms with Crippen LogP contribution in [-0.2, 0) is 22.4 Å². The third-order valence-electron chi connectivity index (χ3n) is 0. The van der Waals surface area contributed by atoms with E-state index >= 15 is 0 Å². The zero-order valence-electron chi connectivity index (χ0n) is 1.93. The summed E-state index contributed by atoms with van der Waals surface area (Å²) in [5, 5.41) is 0. The number of hydrogen-bond donors (Lipinski definition) is 0. The normalized spacial score (nSPS) is 0. The van der Waals surface area contributed by atoms with Gasteiger partial charge in [0.25, 0.3) is 0 Å². The third kappa shape index (κ3) is 204. The van der Waals surface area contributed by atoms with E-state index in [0.717, 1.165) is 0 Å². The third-order valence-corrected chi connectivity index (χ3v) is 0. The Morgan fingerprint density at radius 3 is 0.500 bits per heavy atom. The average molecular weight is 202 g/mol. The largest absolute Gasteiger partial charge is 0.269 e. The molecule has 0 heterocycles. The molecular formula is H7AgBF4. The first-order chi connectivity index (χ1) is 0. The summed E-state index contributed by atoms with van der Waals surface area (Å²) in [4.78, 5) is 0. The fraction of sp³-hybridized carbons (Fsp3) is 0. The monoisotopic (exact) mass is 201 g/mol. The van der Waals surface area contributed by atoms with E-state index in [9.17, 15) is 0 Å². The summed E-state index contributed by atoms with van der Waals surface area (Å²) in [5.41, 5.74) is 0. The first-order valence-corrected chi connectivity index (χ1v) is 0. The Bertz CT molecular complexity index is 7.51. The molecule has 0 aromatic rings. The summed E-state index contributed by atoms with van der Waals surface area (Å²) >= 11 is 0. The van der Waals surface area contributed by atoms with Crippen molar-refractivity contribution in [1.82, 2.24) is 0 Å². The second kappa shape index (κ2) is 410. The standard InChI is InChI=1S/Ag.BH3.4FH/h;1H3;4*1H. The van der Waals surface area contributed by atoms with Crippen LogP contribution in [-0.4, -0.2) is 8.41 Å². The van der Waals surface area contributed by atoms with Crippen LogP contribution < -0.4 is 0 Å². The second-order valence-corrected chi connectivity index (χ2v) is 0. The molecule has 6 heteroatoms. The van der Waals surface area contributed by atoms with Gasteiger partial charge in [0.2, 0.25) is 0 Å². The molecule has 0 aliphatic carbocycles. The molecule has 0 fully saturated rings. The van der Waals surface area contributed by atoms with Gasteiger partial charge >= 0.3 is 0 Å². The molecule has 0 atom stereocenters. The maximum Gasteiger partial charge on any atom is 0.0814 e. The van der Waals surface area contributed by atoms with E-state index < -0.39 is 0 Å². The molecule has 0 amide bonds. The minimum absolute atomic E-state index is 0. The van der Waals surface area contributed by atoms with Gasteiger partial charge in [-0.3, -0.25) is 18.8 Å². The Hall–Kier alpha value is 0.525. The molecule has 0 saturated carbocycles. The molecule has 49 valence electrons. The molecule has 1 radical (unpaired) electrons. The van der Waals surface area contributed by atoms with Crippen LogP contribution in [0.3, 0.4) is 0 Å². The number of rotatable bonds is 0. The Balaban J connectivity index is 0. The van der Waals surface area contributed by atoms with E-state index in [1.807, 2.05) is 0 Å². The van der Waals surface area contributed by atoms with Gasteiger partial charge in [-0.25, -0.2) is 0 Å². The predicted octanol–water partition coefficient (Wildman–Crippen LogP) is -0.576. The molecule has 0 N–H and O–H groups in total. The zero-order chi connectivity index (χ0) is 0. The van der Waals surface area contributed by atoms with Crippen molar-refractivity contribution in [2.24, 2.45) is 0 Å². The second-order valence-electron chi connectivity index (χ2n) is 0. The van der Waals surface area contributed by atoms with Crippen molar-refractivity contribution in [3.05, 3.63) is 0 Å². The van der Waals surface area contributed by atoms with Crippen LogP contribution in [0.1, 0.15) is 0 Å². The zero-order valence-corrected chi connectivity index (χ0v) is 3.42. The van der Waals surface area contributed by atoms with Crippen molar-refractivity contribution < 1.29 is 41.2 Å². The first-order valence-electron chi connectivity index (χ1n) is 0. The van der Waals surface area contributed by atoms with E-state index in [1.54, 1.807) is 0 Å². The van der Waals surface area contributed by atoms with E-state index in [0.29, 0.717) is 0 Å². The van der Waals surface area contributed by atoms with Gasteiger partial charge < -0.3 is 0 Å². The Kier molecular flexibility index (Phi) is 49400. The minimum atomic E-state index is 0. The molecule has 0 unspecified atom stereocenters. The van der Waals surface area contributed by atoms with Gasteiger partial charge in [-0.15, -0.1) is 0 Å². The molecule has 0 spiro atoms. The molecular weight excluding hydrogens is 195 g/mol. The van der Waals surface area contributed by atoms with Crippen molar-refractivity contribution in [2.75, 3.05) is 0 Å². The number of halogens is 4. The molecule has 0 nitrogen and oxygen atoms in total. The van der Waals surface area contributed by atoms with Crippen molar-refractivity contribution in [2.45, 2.75) is 0 Å². The molecule has 0 rings (SSSR count). The predicted molar refractivity (Wildman–Crippen MR) is 20.0 cm³/mol. The summed E-state index contributed by atoms with van der Waals surface area (Å²) in [6, 6.07) is 0. The van der Waals surface area contributed by atoms with E-state index in [-0.39, 0.29) is 49.6 Å². The van der Waals surface area contributed by atoms with Crippen LogP contribution in [0.25, 0.3) is 0 Å². The summed E-state index contributed by atoms with van der Waals surface area (Å²) in [5.74, 6) is 0. The summed E-state index contributed by atoms with van der Waals surface area (Å²) in [6.07, 6.45) is 0. The van der Waals surface area contributed by atoms with Crippen molar-refractivity contribution in [3.63, 3.8) is 0 Å². The fourth-order valence-electron chi connectivity index (χ4n) is 0.